The molecule has 2 rings (SSSR count). The number of methoxy groups -OCH3 is 1. The highest BCUT2D eigenvalue weighted by Crippen LogP contribution is 2.37. The van der Waals surface area contributed by atoms with E-state index >= 15 is 0 Å². The second-order valence-electron chi connectivity index (χ2n) is 4.51. The molecule has 0 bridgehead atoms. The van der Waals surface area contributed by atoms with Gasteiger partial charge in [-0.2, -0.15) is 0 Å². The standard InChI is InChI=1S/C13H20N2OS/c1-16-9-6-7-11(15)13(8-9)17-12-5-3-2-4-10(12)14/h6-8,10,12H,2-5,14-15H2,1H3. The van der Waals surface area contributed by atoms with Gasteiger partial charge >= 0.3 is 0 Å². The highest BCUT2D eigenvalue weighted by Gasteiger charge is 2.23. The first-order valence-corrected chi connectivity index (χ1v) is 6.94. The van der Waals surface area contributed by atoms with Gasteiger partial charge in [-0.3, -0.25) is 0 Å². The SMILES string of the molecule is COc1ccc(N)c(SC2CCCCC2N)c1. The molecular formula is C13H20N2OS. The number of hydrogen-bond acceptors (Lipinski definition) is 4. The predicted octanol–water partition coefficient (Wildman–Crippen LogP) is 2.64. The molecule has 1 fully saturated rings. The number of anilines is 1. The Hall–Kier alpha value is -0.870. The van der Waals surface area contributed by atoms with E-state index in [0.717, 1.165) is 22.8 Å². The molecule has 0 amide bonds. The molecule has 0 radical (unpaired) electrons. The molecule has 2 unspecified atom stereocenters. The van der Waals surface area contributed by atoms with Crippen LogP contribution in [0.1, 0.15) is 25.7 Å². The molecule has 0 spiro atoms. The summed E-state index contributed by atoms with van der Waals surface area (Å²) in [5, 5.41) is 0.484. The fraction of sp³-hybridized carbons (Fsp3) is 0.538. The van der Waals surface area contributed by atoms with Gasteiger partial charge in [0.25, 0.3) is 0 Å². The number of hydrogen-bond donors (Lipinski definition) is 2. The first-order valence-electron chi connectivity index (χ1n) is 6.06. The molecule has 1 aliphatic carbocycles. The third kappa shape index (κ3) is 3.07. The molecule has 4 N–H and O–H groups in total. The van der Waals surface area contributed by atoms with Gasteiger partial charge in [0, 0.05) is 21.9 Å². The Morgan fingerprint density at radius 3 is 2.76 bits per heavy atom. The first-order chi connectivity index (χ1) is 8.20. The first kappa shape index (κ1) is 12.6. The van der Waals surface area contributed by atoms with Crippen molar-refractivity contribution in [2.75, 3.05) is 12.8 Å². The van der Waals surface area contributed by atoms with Crippen LogP contribution in [-0.2, 0) is 0 Å². The highest BCUT2D eigenvalue weighted by molar-refractivity contribution is 8.00. The molecule has 0 saturated heterocycles. The van der Waals surface area contributed by atoms with Gasteiger partial charge in [-0.05, 0) is 31.0 Å². The molecule has 0 aliphatic heterocycles. The summed E-state index contributed by atoms with van der Waals surface area (Å²) in [4.78, 5) is 1.09. The van der Waals surface area contributed by atoms with Crippen LogP contribution in [0.15, 0.2) is 23.1 Å². The zero-order valence-electron chi connectivity index (χ0n) is 10.2. The van der Waals surface area contributed by atoms with E-state index in [-0.39, 0.29) is 0 Å². The maximum Gasteiger partial charge on any atom is 0.120 e. The molecule has 0 aromatic heterocycles. The number of thioether (sulfide) groups is 1. The summed E-state index contributed by atoms with van der Waals surface area (Å²) in [6.07, 6.45) is 4.84. The van der Waals surface area contributed by atoms with Crippen LogP contribution in [0.3, 0.4) is 0 Å². The molecule has 1 saturated carbocycles. The van der Waals surface area contributed by atoms with Crippen LogP contribution in [-0.4, -0.2) is 18.4 Å². The van der Waals surface area contributed by atoms with Crippen LogP contribution < -0.4 is 16.2 Å². The van der Waals surface area contributed by atoms with Gasteiger partial charge in [-0.25, -0.2) is 0 Å². The van der Waals surface area contributed by atoms with Gasteiger partial charge in [-0.15, -0.1) is 11.8 Å². The van der Waals surface area contributed by atoms with E-state index in [2.05, 4.69) is 0 Å². The number of nitrogens with two attached hydrogens (primary N) is 2. The maximum atomic E-state index is 6.15. The van der Waals surface area contributed by atoms with E-state index in [1.165, 1.54) is 19.3 Å². The summed E-state index contributed by atoms with van der Waals surface area (Å²) in [5.74, 6) is 0.853. The van der Waals surface area contributed by atoms with Crippen molar-refractivity contribution in [2.45, 2.75) is 41.9 Å². The summed E-state index contributed by atoms with van der Waals surface area (Å²) in [6, 6.07) is 6.08. The van der Waals surface area contributed by atoms with Gasteiger partial charge in [0.1, 0.15) is 5.75 Å². The smallest absolute Gasteiger partial charge is 0.120 e. The van der Waals surface area contributed by atoms with Gasteiger partial charge in [0.15, 0.2) is 0 Å². The molecule has 94 valence electrons. The van der Waals surface area contributed by atoms with Crippen LogP contribution in [0.5, 0.6) is 5.75 Å². The van der Waals surface area contributed by atoms with Crippen molar-refractivity contribution in [1.29, 1.82) is 0 Å². The quantitative estimate of drug-likeness (QED) is 0.812. The maximum absolute atomic E-state index is 6.15. The summed E-state index contributed by atoms with van der Waals surface area (Å²) in [6.45, 7) is 0. The Balaban J connectivity index is 2.11. The van der Waals surface area contributed by atoms with Gasteiger partial charge in [0.05, 0.1) is 7.11 Å². The Morgan fingerprint density at radius 2 is 2.06 bits per heavy atom. The lowest BCUT2D eigenvalue weighted by atomic mass is 9.96. The van der Waals surface area contributed by atoms with E-state index in [1.807, 2.05) is 18.2 Å². The van der Waals surface area contributed by atoms with Crippen molar-refractivity contribution in [3.8, 4) is 5.75 Å². The topological polar surface area (TPSA) is 61.3 Å². The largest absolute Gasteiger partial charge is 0.497 e. The minimum absolute atomic E-state index is 0.291. The van der Waals surface area contributed by atoms with Crippen LogP contribution >= 0.6 is 11.8 Å². The predicted molar refractivity (Wildman–Crippen MR) is 73.5 cm³/mol. The number of rotatable bonds is 3. The minimum atomic E-state index is 0.291. The van der Waals surface area contributed by atoms with Crippen molar-refractivity contribution < 1.29 is 4.74 Å². The van der Waals surface area contributed by atoms with Crippen molar-refractivity contribution in [2.24, 2.45) is 5.73 Å². The monoisotopic (exact) mass is 252 g/mol. The lowest BCUT2D eigenvalue weighted by Gasteiger charge is -2.28. The third-order valence-corrected chi connectivity index (χ3v) is 4.75. The molecule has 1 aliphatic rings. The molecule has 2 atom stereocenters. The fourth-order valence-electron chi connectivity index (χ4n) is 2.18. The van der Waals surface area contributed by atoms with Crippen molar-refractivity contribution >= 4 is 17.4 Å². The van der Waals surface area contributed by atoms with Crippen LogP contribution in [0.25, 0.3) is 0 Å². The fourth-order valence-corrected chi connectivity index (χ4v) is 3.49. The second kappa shape index (κ2) is 5.65. The minimum Gasteiger partial charge on any atom is -0.497 e. The van der Waals surface area contributed by atoms with Gasteiger partial charge < -0.3 is 16.2 Å². The third-order valence-electron chi connectivity index (χ3n) is 3.25. The van der Waals surface area contributed by atoms with Crippen molar-refractivity contribution in [3.63, 3.8) is 0 Å². The van der Waals surface area contributed by atoms with Gasteiger partial charge in [-0.1, -0.05) is 12.8 Å². The van der Waals surface area contributed by atoms with E-state index in [4.69, 9.17) is 16.2 Å². The van der Waals surface area contributed by atoms with Gasteiger partial charge in [0.2, 0.25) is 0 Å². The van der Waals surface area contributed by atoms with E-state index in [0.29, 0.717) is 11.3 Å². The van der Waals surface area contributed by atoms with E-state index < -0.39 is 0 Å². The van der Waals surface area contributed by atoms with Crippen molar-refractivity contribution in [3.05, 3.63) is 18.2 Å². The second-order valence-corrected chi connectivity index (χ2v) is 5.79. The Bertz CT molecular complexity index is 384. The summed E-state index contributed by atoms with van der Waals surface area (Å²) in [7, 11) is 1.67. The number of benzene rings is 1. The zero-order valence-corrected chi connectivity index (χ0v) is 11.0. The molecule has 1 aromatic rings. The Labute approximate surface area is 107 Å². The van der Waals surface area contributed by atoms with E-state index in [9.17, 15) is 0 Å². The summed E-state index contributed by atoms with van der Waals surface area (Å²) < 4.78 is 5.23. The highest BCUT2D eigenvalue weighted by atomic mass is 32.2. The summed E-state index contributed by atoms with van der Waals surface area (Å²) in [5.41, 5.74) is 13.0. The van der Waals surface area contributed by atoms with Crippen molar-refractivity contribution in [1.82, 2.24) is 0 Å². The molecule has 17 heavy (non-hydrogen) atoms. The zero-order chi connectivity index (χ0) is 12.3. The average molecular weight is 252 g/mol. The lowest BCUT2D eigenvalue weighted by molar-refractivity contribution is 0.413. The van der Waals surface area contributed by atoms with Crippen LogP contribution in [0.4, 0.5) is 5.69 Å². The average Bonchev–Trinajstić information content (AvgIpc) is 2.35. The summed E-state index contributed by atoms with van der Waals surface area (Å²) >= 11 is 1.80. The Kier molecular flexibility index (Phi) is 4.18. The molecule has 4 heteroatoms. The van der Waals surface area contributed by atoms with E-state index in [1.54, 1.807) is 18.9 Å². The number of ether oxygens (including phenoxy) is 1. The lowest BCUT2D eigenvalue weighted by Crippen LogP contribution is -2.35. The van der Waals surface area contributed by atoms with Crippen LogP contribution in [0.2, 0.25) is 0 Å². The molecule has 0 heterocycles. The Morgan fingerprint density at radius 1 is 1.29 bits per heavy atom. The van der Waals surface area contributed by atoms with Crippen LogP contribution in [0, 0.1) is 0 Å². The number of nitrogen functional groups attached to an aromatic ring is 1. The molecular weight excluding hydrogens is 232 g/mol. The normalized spacial score (nSPS) is 24.6. The molecule has 1 aromatic carbocycles. The molecule has 3 nitrogen and oxygen atoms in total.